The summed E-state index contributed by atoms with van der Waals surface area (Å²) in [5.74, 6) is -0.0338. The van der Waals surface area contributed by atoms with Crippen molar-refractivity contribution >= 4 is 15.8 Å². The highest BCUT2D eigenvalue weighted by molar-refractivity contribution is 7.89. The maximum absolute atomic E-state index is 11.8. The van der Waals surface area contributed by atoms with Crippen LogP contribution in [0.5, 0.6) is 0 Å². The van der Waals surface area contributed by atoms with Gasteiger partial charge in [-0.1, -0.05) is 40.3 Å². The number of rotatable bonds is 2. The molecule has 0 aliphatic carbocycles. The Bertz CT molecular complexity index is 496. The van der Waals surface area contributed by atoms with Crippen LogP contribution in [0.4, 0.5) is 0 Å². The van der Waals surface area contributed by atoms with E-state index in [0.717, 1.165) is 0 Å². The summed E-state index contributed by atoms with van der Waals surface area (Å²) >= 11 is 0. The van der Waals surface area contributed by atoms with Crippen molar-refractivity contribution in [3.05, 3.63) is 29.8 Å². The largest absolute Gasteiger partial charge is 0.294 e. The number of hydrogen-bond acceptors (Lipinski definition) is 3. The molecule has 1 aromatic carbocycles. The zero-order valence-electron chi connectivity index (χ0n) is 9.52. The van der Waals surface area contributed by atoms with Crippen molar-refractivity contribution in [2.75, 3.05) is 0 Å². The molecule has 5 heteroatoms. The Balaban J connectivity index is 0.00000256. The van der Waals surface area contributed by atoms with E-state index in [1.165, 1.54) is 24.3 Å². The van der Waals surface area contributed by atoms with Crippen molar-refractivity contribution in [2.45, 2.75) is 33.1 Å². The van der Waals surface area contributed by atoms with E-state index in [2.05, 4.69) is 0 Å². The molecule has 0 aliphatic rings. The van der Waals surface area contributed by atoms with E-state index in [0.29, 0.717) is 5.56 Å². The molecule has 0 saturated carbocycles. The average molecular weight is 257 g/mol. The van der Waals surface area contributed by atoms with Gasteiger partial charge in [0.05, 0.1) is 4.90 Å². The quantitative estimate of drug-likeness (QED) is 0.825. The predicted octanol–water partition coefficient (Wildman–Crippen LogP) is 2.20. The highest BCUT2D eigenvalue weighted by atomic mass is 32.2. The Hall–Kier alpha value is -1.20. The lowest BCUT2D eigenvalue weighted by Crippen LogP contribution is -2.20. The third kappa shape index (κ3) is 3.94. The monoisotopic (exact) mass is 257 g/mol. The van der Waals surface area contributed by atoms with Gasteiger partial charge in [-0.05, 0) is 12.1 Å². The van der Waals surface area contributed by atoms with Gasteiger partial charge in [0.2, 0.25) is 10.0 Å². The number of benzene rings is 1. The van der Waals surface area contributed by atoms with Gasteiger partial charge in [0.1, 0.15) is 0 Å². The zero-order chi connectivity index (χ0) is 12.6. The Morgan fingerprint density at radius 3 is 1.82 bits per heavy atom. The summed E-state index contributed by atoms with van der Waals surface area (Å²) < 4.78 is 22.0. The minimum atomic E-state index is -3.69. The van der Waals surface area contributed by atoms with Crippen molar-refractivity contribution in [3.63, 3.8) is 0 Å². The summed E-state index contributed by atoms with van der Waals surface area (Å²) in [5.41, 5.74) is 0.00299. The minimum absolute atomic E-state index is 0. The maximum atomic E-state index is 11.8. The fraction of sp³-hybridized carbons (Fsp3) is 0.417. The summed E-state index contributed by atoms with van der Waals surface area (Å²) in [4.78, 5) is 11.9. The first-order valence-electron chi connectivity index (χ1n) is 4.80. The summed E-state index contributed by atoms with van der Waals surface area (Å²) in [5, 5.41) is 4.96. The number of Topliss-reactive ketones (excluding diaryl/α,β-unsaturated/α-hetero) is 1. The van der Waals surface area contributed by atoms with Gasteiger partial charge in [-0.2, -0.15) is 0 Å². The van der Waals surface area contributed by atoms with Crippen molar-refractivity contribution in [2.24, 2.45) is 10.6 Å². The molecule has 0 spiro atoms. The normalized spacial score (nSPS) is 11.8. The third-order valence-electron chi connectivity index (χ3n) is 2.13. The second-order valence-electron chi connectivity index (χ2n) is 4.65. The van der Waals surface area contributed by atoms with Crippen molar-refractivity contribution in [3.8, 4) is 0 Å². The van der Waals surface area contributed by atoms with Crippen LogP contribution in [0.3, 0.4) is 0 Å². The number of nitrogens with two attached hydrogens (primary N) is 1. The first-order valence-corrected chi connectivity index (χ1v) is 6.34. The van der Waals surface area contributed by atoms with Crippen LogP contribution in [0.1, 0.15) is 38.6 Å². The number of ketones is 1. The van der Waals surface area contributed by atoms with Gasteiger partial charge in [-0.3, -0.25) is 4.79 Å². The predicted molar refractivity (Wildman–Crippen MR) is 68.3 cm³/mol. The zero-order valence-corrected chi connectivity index (χ0v) is 10.3. The topological polar surface area (TPSA) is 77.2 Å². The van der Waals surface area contributed by atoms with Gasteiger partial charge >= 0.3 is 0 Å². The van der Waals surface area contributed by atoms with E-state index in [9.17, 15) is 13.2 Å². The molecule has 17 heavy (non-hydrogen) atoms. The standard InChI is InChI=1S/C11H15NO3S.CH4/c1-11(2,3)10(13)8-4-6-9(7-5-8)16(12,14)15;/h4-7H,1-3H3,(H2,12,14,15);1H4. The summed E-state index contributed by atoms with van der Waals surface area (Å²) in [6.45, 7) is 5.43. The third-order valence-corrected chi connectivity index (χ3v) is 3.06. The lowest BCUT2D eigenvalue weighted by Gasteiger charge is -2.16. The number of primary sulfonamides is 1. The average Bonchev–Trinajstić information content (AvgIpc) is 2.14. The first-order chi connectivity index (χ1) is 7.12. The summed E-state index contributed by atoms with van der Waals surface area (Å²) in [6, 6.07) is 5.64. The van der Waals surface area contributed by atoms with Crippen LogP contribution in [0.2, 0.25) is 0 Å². The Morgan fingerprint density at radius 2 is 1.53 bits per heavy atom. The lowest BCUT2D eigenvalue weighted by molar-refractivity contribution is 0.0858. The van der Waals surface area contributed by atoms with Crippen molar-refractivity contribution in [1.29, 1.82) is 0 Å². The molecule has 0 atom stereocenters. The Morgan fingerprint density at radius 1 is 1.12 bits per heavy atom. The number of carbonyl (C=O) groups is 1. The highest BCUT2D eigenvalue weighted by Gasteiger charge is 2.22. The van der Waals surface area contributed by atoms with Crippen LogP contribution < -0.4 is 5.14 Å². The van der Waals surface area contributed by atoms with Gasteiger partial charge in [-0.15, -0.1) is 0 Å². The van der Waals surface area contributed by atoms with E-state index in [1.54, 1.807) is 0 Å². The molecular weight excluding hydrogens is 238 g/mol. The van der Waals surface area contributed by atoms with Crippen LogP contribution >= 0.6 is 0 Å². The maximum Gasteiger partial charge on any atom is 0.238 e. The van der Waals surface area contributed by atoms with Crippen molar-refractivity contribution in [1.82, 2.24) is 0 Å². The van der Waals surface area contributed by atoms with Crippen LogP contribution in [-0.4, -0.2) is 14.2 Å². The van der Waals surface area contributed by atoms with Crippen LogP contribution in [0.15, 0.2) is 29.2 Å². The molecule has 0 unspecified atom stereocenters. The molecule has 2 N–H and O–H groups in total. The second kappa shape index (κ2) is 4.98. The van der Waals surface area contributed by atoms with Crippen LogP contribution in [0, 0.1) is 5.41 Å². The molecule has 0 heterocycles. The van der Waals surface area contributed by atoms with Crippen molar-refractivity contribution < 1.29 is 13.2 Å². The summed E-state index contributed by atoms with van der Waals surface area (Å²) in [7, 11) is -3.69. The second-order valence-corrected chi connectivity index (χ2v) is 6.21. The van der Waals surface area contributed by atoms with E-state index < -0.39 is 15.4 Å². The minimum Gasteiger partial charge on any atom is -0.294 e. The number of carbonyl (C=O) groups excluding carboxylic acids is 1. The molecule has 0 aromatic heterocycles. The first kappa shape index (κ1) is 15.8. The molecular formula is C12H19NO3S. The van der Waals surface area contributed by atoms with E-state index in [-0.39, 0.29) is 18.1 Å². The molecule has 0 radical (unpaired) electrons. The molecule has 0 bridgehead atoms. The van der Waals surface area contributed by atoms with E-state index in [1.807, 2.05) is 20.8 Å². The van der Waals surface area contributed by atoms with E-state index >= 15 is 0 Å². The smallest absolute Gasteiger partial charge is 0.238 e. The SMILES string of the molecule is C.CC(C)(C)C(=O)c1ccc(S(N)(=O)=O)cc1. The molecule has 1 aromatic rings. The van der Waals surface area contributed by atoms with Gasteiger partial charge in [0, 0.05) is 11.0 Å². The van der Waals surface area contributed by atoms with Crippen LogP contribution in [-0.2, 0) is 10.0 Å². The summed E-state index contributed by atoms with van der Waals surface area (Å²) in [6.07, 6.45) is 0. The van der Waals surface area contributed by atoms with Gasteiger partial charge in [0.15, 0.2) is 5.78 Å². The van der Waals surface area contributed by atoms with Gasteiger partial charge < -0.3 is 0 Å². The molecule has 0 saturated heterocycles. The van der Waals surface area contributed by atoms with Gasteiger partial charge in [-0.25, -0.2) is 13.6 Å². The lowest BCUT2D eigenvalue weighted by atomic mass is 9.87. The molecule has 0 amide bonds. The molecule has 4 nitrogen and oxygen atoms in total. The number of sulfonamides is 1. The molecule has 0 aliphatic heterocycles. The van der Waals surface area contributed by atoms with Gasteiger partial charge in [0.25, 0.3) is 0 Å². The van der Waals surface area contributed by atoms with E-state index in [4.69, 9.17) is 5.14 Å². The molecule has 96 valence electrons. The fourth-order valence-corrected chi connectivity index (χ4v) is 1.74. The Labute approximate surface area is 103 Å². The molecule has 0 fully saturated rings. The molecule has 1 rings (SSSR count). The number of hydrogen-bond donors (Lipinski definition) is 1. The van der Waals surface area contributed by atoms with Crippen LogP contribution in [0.25, 0.3) is 0 Å². The Kier molecular flexibility index (Phi) is 4.62. The fourth-order valence-electron chi connectivity index (χ4n) is 1.23. The highest BCUT2D eigenvalue weighted by Crippen LogP contribution is 2.21.